The van der Waals surface area contributed by atoms with Crippen molar-refractivity contribution < 1.29 is 9.59 Å². The highest BCUT2D eigenvalue weighted by molar-refractivity contribution is 5.80. The van der Waals surface area contributed by atoms with Crippen LogP contribution in [0.2, 0.25) is 0 Å². The summed E-state index contributed by atoms with van der Waals surface area (Å²) in [5.74, 6) is -0.408. The summed E-state index contributed by atoms with van der Waals surface area (Å²) in [5, 5.41) is 6.05. The highest BCUT2D eigenvalue weighted by Gasteiger charge is 2.09. The third kappa shape index (κ3) is 7.59. The minimum Gasteiger partial charge on any atom is -0.356 e. The molecule has 164 valence electrons. The van der Waals surface area contributed by atoms with Crippen LogP contribution in [0.25, 0.3) is 10.9 Å². The number of fused-ring (bicyclic) bond motifs is 1. The molecule has 2 rings (SSSR count). The maximum Gasteiger partial charge on any atom is 0.261 e. The fourth-order valence-corrected chi connectivity index (χ4v) is 3.33. The van der Waals surface area contributed by atoms with Crippen LogP contribution in [0.5, 0.6) is 0 Å². The molecule has 0 aliphatic heterocycles. The molecule has 0 aliphatic carbocycles. The van der Waals surface area contributed by atoms with Crippen LogP contribution in [0.3, 0.4) is 0 Å². The van der Waals surface area contributed by atoms with E-state index < -0.39 is 0 Å². The second-order valence-electron chi connectivity index (χ2n) is 7.34. The molecule has 0 spiro atoms. The van der Waals surface area contributed by atoms with Crippen LogP contribution in [-0.2, 0) is 16.1 Å². The Bertz CT molecular complexity index is 874. The molecule has 1 aromatic carbocycles. The molecule has 0 atom stereocenters. The molecule has 2 N–H and O–H groups in total. The van der Waals surface area contributed by atoms with Gasteiger partial charge in [0.2, 0.25) is 11.8 Å². The molecule has 0 fully saturated rings. The summed E-state index contributed by atoms with van der Waals surface area (Å²) in [6.07, 6.45) is 4.76. The quantitative estimate of drug-likeness (QED) is 0.484. The van der Waals surface area contributed by atoms with E-state index in [9.17, 15) is 14.4 Å². The third-order valence-electron chi connectivity index (χ3n) is 4.77. The number of carbonyl (C=O) groups is 2. The molecule has 0 saturated heterocycles. The second-order valence-corrected chi connectivity index (χ2v) is 7.34. The normalized spacial score (nSPS) is 11.0. The van der Waals surface area contributed by atoms with E-state index in [4.69, 9.17) is 0 Å². The van der Waals surface area contributed by atoms with Crippen molar-refractivity contribution >= 4 is 22.7 Å². The van der Waals surface area contributed by atoms with E-state index in [1.165, 1.54) is 10.9 Å². The maximum atomic E-state index is 12.4. The Hall–Kier alpha value is -2.74. The highest BCUT2D eigenvalue weighted by Crippen LogP contribution is 2.04. The molecule has 1 heterocycles. The molecule has 0 aliphatic rings. The number of hydrogen-bond donors (Lipinski definition) is 2. The first-order valence-electron chi connectivity index (χ1n) is 10.7. The van der Waals surface area contributed by atoms with E-state index in [0.717, 1.165) is 38.9 Å². The first-order valence-corrected chi connectivity index (χ1v) is 10.7. The molecule has 8 heteroatoms. The molecule has 8 nitrogen and oxygen atoms in total. The average Bonchev–Trinajstić information content (AvgIpc) is 2.73. The SMILES string of the molecule is CCCN(CCC)CCCNC(=O)CCNC(=O)Cn1cnc2ccccc2c1=O. The number of para-hydroxylation sites is 1. The van der Waals surface area contributed by atoms with Crippen molar-refractivity contribution in [2.45, 2.75) is 46.1 Å². The number of nitrogens with zero attached hydrogens (tertiary/aromatic N) is 3. The summed E-state index contributed by atoms with van der Waals surface area (Å²) < 4.78 is 1.27. The first kappa shape index (κ1) is 23.5. The van der Waals surface area contributed by atoms with Crippen molar-refractivity contribution in [1.82, 2.24) is 25.1 Å². The molecule has 2 aromatic rings. The lowest BCUT2D eigenvalue weighted by Crippen LogP contribution is -2.35. The molecular formula is C22H33N5O3. The zero-order valence-electron chi connectivity index (χ0n) is 18.0. The Morgan fingerprint density at radius 1 is 1.00 bits per heavy atom. The number of nitrogens with one attached hydrogen (secondary N) is 2. The van der Waals surface area contributed by atoms with Gasteiger partial charge in [-0.15, -0.1) is 0 Å². The Morgan fingerprint density at radius 2 is 1.70 bits per heavy atom. The van der Waals surface area contributed by atoms with Gasteiger partial charge in [0.15, 0.2) is 0 Å². The van der Waals surface area contributed by atoms with Crippen molar-refractivity contribution in [3.8, 4) is 0 Å². The average molecular weight is 416 g/mol. The zero-order chi connectivity index (χ0) is 21.8. The van der Waals surface area contributed by atoms with Crippen LogP contribution in [0.4, 0.5) is 0 Å². The Kier molecular flexibility index (Phi) is 10.00. The number of carbonyl (C=O) groups excluding carboxylic acids is 2. The summed E-state index contributed by atoms with van der Waals surface area (Å²) >= 11 is 0. The summed E-state index contributed by atoms with van der Waals surface area (Å²) in [6, 6.07) is 7.01. The number of benzene rings is 1. The molecule has 1 aromatic heterocycles. The standard InChI is InChI=1S/C22H33N5O3/c1-3-13-26(14-4-2)15-7-11-23-20(28)10-12-24-21(29)16-27-17-25-19-9-6-5-8-18(19)22(27)30/h5-6,8-9,17H,3-4,7,10-16H2,1-2H3,(H,23,28)(H,24,29). The van der Waals surface area contributed by atoms with Crippen LogP contribution < -0.4 is 16.2 Å². The van der Waals surface area contributed by atoms with Crippen LogP contribution in [-0.4, -0.2) is 59.0 Å². The Morgan fingerprint density at radius 3 is 2.43 bits per heavy atom. The van der Waals surface area contributed by atoms with Gasteiger partial charge >= 0.3 is 0 Å². The van der Waals surface area contributed by atoms with E-state index in [0.29, 0.717) is 17.4 Å². The van der Waals surface area contributed by atoms with Crippen LogP contribution in [0.15, 0.2) is 35.4 Å². The Labute approximate surface area is 177 Å². The van der Waals surface area contributed by atoms with E-state index in [-0.39, 0.29) is 36.9 Å². The molecule has 0 bridgehead atoms. The molecule has 0 saturated carbocycles. The van der Waals surface area contributed by atoms with E-state index in [1.807, 2.05) is 6.07 Å². The van der Waals surface area contributed by atoms with Crippen molar-refractivity contribution in [2.24, 2.45) is 0 Å². The van der Waals surface area contributed by atoms with Crippen LogP contribution in [0.1, 0.15) is 39.5 Å². The minimum atomic E-state index is -0.322. The van der Waals surface area contributed by atoms with Gasteiger partial charge in [0.1, 0.15) is 6.54 Å². The summed E-state index contributed by atoms with van der Waals surface area (Å²) in [7, 11) is 0. The number of aromatic nitrogens is 2. The second kappa shape index (κ2) is 12.7. The van der Waals surface area contributed by atoms with Crippen LogP contribution in [0, 0.1) is 0 Å². The monoisotopic (exact) mass is 415 g/mol. The van der Waals surface area contributed by atoms with Crippen molar-refractivity contribution in [3.05, 3.63) is 40.9 Å². The summed E-state index contributed by atoms with van der Waals surface area (Å²) in [5.41, 5.74) is 0.344. The zero-order valence-corrected chi connectivity index (χ0v) is 18.0. The number of rotatable bonds is 13. The van der Waals surface area contributed by atoms with E-state index >= 15 is 0 Å². The van der Waals surface area contributed by atoms with Gasteiger partial charge in [-0.05, 0) is 51.0 Å². The lowest BCUT2D eigenvalue weighted by atomic mass is 10.2. The fraction of sp³-hybridized carbons (Fsp3) is 0.545. The van der Waals surface area contributed by atoms with Gasteiger partial charge in [-0.2, -0.15) is 0 Å². The predicted octanol–water partition coefficient (Wildman–Crippen LogP) is 1.53. The van der Waals surface area contributed by atoms with Gasteiger partial charge in [0.25, 0.3) is 5.56 Å². The highest BCUT2D eigenvalue weighted by atomic mass is 16.2. The van der Waals surface area contributed by atoms with Crippen molar-refractivity contribution in [3.63, 3.8) is 0 Å². The number of hydrogen-bond acceptors (Lipinski definition) is 5. The molecular weight excluding hydrogens is 382 g/mol. The molecule has 0 unspecified atom stereocenters. The molecule has 0 radical (unpaired) electrons. The van der Waals surface area contributed by atoms with Crippen molar-refractivity contribution in [2.75, 3.05) is 32.7 Å². The fourth-order valence-electron chi connectivity index (χ4n) is 3.33. The van der Waals surface area contributed by atoms with Crippen molar-refractivity contribution in [1.29, 1.82) is 0 Å². The van der Waals surface area contributed by atoms with E-state index in [2.05, 4.69) is 34.4 Å². The smallest absolute Gasteiger partial charge is 0.261 e. The van der Waals surface area contributed by atoms with Gasteiger partial charge in [-0.3, -0.25) is 19.0 Å². The van der Waals surface area contributed by atoms with Crippen LogP contribution >= 0.6 is 0 Å². The largest absolute Gasteiger partial charge is 0.356 e. The lowest BCUT2D eigenvalue weighted by Gasteiger charge is -2.20. The number of amides is 2. The molecule has 2 amide bonds. The van der Waals surface area contributed by atoms with Gasteiger partial charge in [0, 0.05) is 19.5 Å². The lowest BCUT2D eigenvalue weighted by molar-refractivity contribution is -0.122. The Balaban J connectivity index is 1.66. The summed E-state index contributed by atoms with van der Waals surface area (Å²) in [6.45, 7) is 8.24. The molecule has 30 heavy (non-hydrogen) atoms. The first-order chi connectivity index (χ1) is 14.5. The third-order valence-corrected chi connectivity index (χ3v) is 4.77. The predicted molar refractivity (Wildman–Crippen MR) is 118 cm³/mol. The maximum absolute atomic E-state index is 12.4. The van der Waals surface area contributed by atoms with Gasteiger partial charge < -0.3 is 15.5 Å². The van der Waals surface area contributed by atoms with E-state index in [1.54, 1.807) is 18.2 Å². The van der Waals surface area contributed by atoms with Gasteiger partial charge in [0.05, 0.1) is 17.2 Å². The van der Waals surface area contributed by atoms with Gasteiger partial charge in [-0.1, -0.05) is 26.0 Å². The minimum absolute atomic E-state index is 0.0858. The topological polar surface area (TPSA) is 96.3 Å². The van der Waals surface area contributed by atoms with Gasteiger partial charge in [-0.25, -0.2) is 4.98 Å². The summed E-state index contributed by atoms with van der Waals surface area (Å²) in [4.78, 5) is 43.0.